The van der Waals surface area contributed by atoms with Crippen LogP contribution in [0.3, 0.4) is 0 Å². The zero-order valence-corrected chi connectivity index (χ0v) is 14.6. The summed E-state index contributed by atoms with van der Waals surface area (Å²) in [6.45, 7) is 18.3. The maximum atomic E-state index is 4.63. The largest absolute Gasteiger partial charge is 0.254 e. The molecular weight excluding hydrogens is 232 g/mol. The lowest BCUT2D eigenvalue weighted by molar-refractivity contribution is 0.557. The first-order valence-corrected chi connectivity index (χ1v) is 8.02. The molecule has 1 atom stereocenters. The van der Waals surface area contributed by atoms with Gasteiger partial charge in [-0.05, 0) is 33.1 Å². The minimum absolute atomic E-state index is 0.607. The van der Waals surface area contributed by atoms with Gasteiger partial charge in [0.15, 0.2) is 0 Å². The van der Waals surface area contributed by atoms with Crippen LogP contribution in [0.1, 0.15) is 90.0 Å². The van der Waals surface area contributed by atoms with Crippen molar-refractivity contribution in [1.29, 1.82) is 0 Å². The van der Waals surface area contributed by atoms with Gasteiger partial charge in [0.1, 0.15) is 0 Å². The van der Waals surface area contributed by atoms with Crippen LogP contribution in [0.4, 0.5) is 0 Å². The SMILES string of the molecule is CC.CC.CC.Cc1nc2c(nc1C)C(C)CCC2. The van der Waals surface area contributed by atoms with Gasteiger partial charge in [-0.15, -0.1) is 0 Å². The molecule has 1 aliphatic carbocycles. The second kappa shape index (κ2) is 12.1. The minimum atomic E-state index is 0.607. The van der Waals surface area contributed by atoms with E-state index >= 15 is 0 Å². The van der Waals surface area contributed by atoms with Gasteiger partial charge in [0.05, 0.1) is 22.8 Å². The average molecular weight is 266 g/mol. The van der Waals surface area contributed by atoms with Crippen molar-refractivity contribution in [3.63, 3.8) is 0 Å². The van der Waals surface area contributed by atoms with Gasteiger partial charge in [-0.1, -0.05) is 48.5 Å². The third kappa shape index (κ3) is 6.17. The van der Waals surface area contributed by atoms with Gasteiger partial charge in [-0.3, -0.25) is 9.97 Å². The molecule has 1 aliphatic rings. The zero-order valence-electron chi connectivity index (χ0n) is 14.6. The molecule has 2 nitrogen and oxygen atoms in total. The number of rotatable bonds is 0. The molecule has 0 bridgehead atoms. The van der Waals surface area contributed by atoms with Crippen LogP contribution < -0.4 is 0 Å². The van der Waals surface area contributed by atoms with Gasteiger partial charge in [0.2, 0.25) is 0 Å². The highest BCUT2D eigenvalue weighted by atomic mass is 14.8. The molecule has 2 heteroatoms. The fraction of sp³-hybridized carbons (Fsp3) is 0.765. The van der Waals surface area contributed by atoms with Crippen LogP contribution >= 0.6 is 0 Å². The summed E-state index contributed by atoms with van der Waals surface area (Å²) >= 11 is 0. The van der Waals surface area contributed by atoms with Crippen molar-refractivity contribution < 1.29 is 0 Å². The molecule has 112 valence electrons. The first-order valence-electron chi connectivity index (χ1n) is 8.02. The van der Waals surface area contributed by atoms with E-state index < -0.39 is 0 Å². The molecule has 19 heavy (non-hydrogen) atoms. The Morgan fingerprint density at radius 2 is 1.32 bits per heavy atom. The number of fused-ring (bicyclic) bond motifs is 1. The minimum Gasteiger partial charge on any atom is -0.254 e. The molecule has 2 rings (SSSR count). The van der Waals surface area contributed by atoms with E-state index in [-0.39, 0.29) is 0 Å². The maximum absolute atomic E-state index is 4.63. The molecule has 0 fully saturated rings. The van der Waals surface area contributed by atoms with E-state index in [1.807, 2.05) is 55.4 Å². The van der Waals surface area contributed by atoms with Crippen LogP contribution in [0.15, 0.2) is 0 Å². The fourth-order valence-corrected chi connectivity index (χ4v) is 1.96. The summed E-state index contributed by atoms with van der Waals surface area (Å²) in [7, 11) is 0. The predicted molar refractivity (Wildman–Crippen MR) is 86.9 cm³/mol. The van der Waals surface area contributed by atoms with E-state index in [0.717, 1.165) is 17.8 Å². The van der Waals surface area contributed by atoms with Gasteiger partial charge in [-0.2, -0.15) is 0 Å². The average Bonchev–Trinajstić information content (AvgIpc) is 2.48. The van der Waals surface area contributed by atoms with Crippen LogP contribution in [0.5, 0.6) is 0 Å². The molecule has 0 radical (unpaired) electrons. The third-order valence-corrected chi connectivity index (χ3v) is 2.93. The Morgan fingerprint density at radius 3 is 1.84 bits per heavy atom. The normalized spacial score (nSPS) is 15.5. The molecule has 0 aliphatic heterocycles. The van der Waals surface area contributed by atoms with Crippen molar-refractivity contribution in [2.45, 2.75) is 87.5 Å². The van der Waals surface area contributed by atoms with E-state index in [9.17, 15) is 0 Å². The highest BCUT2D eigenvalue weighted by Crippen LogP contribution is 2.28. The predicted octanol–water partition coefficient (Wildman–Crippen LogP) is 5.61. The molecule has 0 amide bonds. The van der Waals surface area contributed by atoms with E-state index in [1.165, 1.54) is 24.2 Å². The lowest BCUT2D eigenvalue weighted by Crippen LogP contribution is -2.13. The molecule has 0 saturated carbocycles. The Bertz CT molecular complexity index is 332. The molecule has 1 heterocycles. The molecule has 0 spiro atoms. The summed E-state index contributed by atoms with van der Waals surface area (Å²) in [4.78, 5) is 9.23. The number of aromatic nitrogens is 2. The standard InChI is InChI=1S/C11H16N2.3C2H6/c1-7-5-4-6-10-11(7)13-9(3)8(2)12-10;3*1-2/h7H,4-6H2,1-3H3;3*1-2H3. The van der Waals surface area contributed by atoms with Crippen molar-refractivity contribution >= 4 is 0 Å². The lowest BCUT2D eigenvalue weighted by Gasteiger charge is -2.21. The van der Waals surface area contributed by atoms with Crippen LogP contribution in [0.2, 0.25) is 0 Å². The molecular formula is C17H34N2. The Labute approximate surface area is 121 Å². The molecule has 0 aromatic carbocycles. The first kappa shape index (κ1) is 20.4. The molecule has 1 unspecified atom stereocenters. The number of aryl methyl sites for hydroxylation is 3. The number of nitrogens with zero attached hydrogens (tertiary/aromatic N) is 2. The molecule has 0 saturated heterocycles. The second-order valence-electron chi connectivity index (χ2n) is 4.02. The second-order valence-corrected chi connectivity index (χ2v) is 4.02. The van der Waals surface area contributed by atoms with Crippen molar-refractivity contribution in [2.24, 2.45) is 0 Å². The molecule has 1 aromatic rings. The Morgan fingerprint density at radius 1 is 0.842 bits per heavy atom. The maximum Gasteiger partial charge on any atom is 0.0650 e. The van der Waals surface area contributed by atoms with Gasteiger partial charge in [-0.25, -0.2) is 0 Å². The molecule has 1 aromatic heterocycles. The lowest BCUT2D eigenvalue weighted by atomic mass is 9.91. The summed E-state index contributed by atoms with van der Waals surface area (Å²) in [5.74, 6) is 0.607. The third-order valence-electron chi connectivity index (χ3n) is 2.93. The van der Waals surface area contributed by atoms with Crippen LogP contribution in [-0.2, 0) is 6.42 Å². The molecule has 0 N–H and O–H groups in total. The highest BCUT2D eigenvalue weighted by Gasteiger charge is 2.19. The van der Waals surface area contributed by atoms with Crippen molar-refractivity contribution in [1.82, 2.24) is 9.97 Å². The number of hydrogen-bond donors (Lipinski definition) is 0. The van der Waals surface area contributed by atoms with Gasteiger partial charge in [0.25, 0.3) is 0 Å². The van der Waals surface area contributed by atoms with E-state index in [2.05, 4.69) is 16.9 Å². The first-order chi connectivity index (χ1) is 9.18. The summed E-state index contributed by atoms with van der Waals surface area (Å²) in [6.07, 6.45) is 3.66. The Hall–Kier alpha value is -0.920. The zero-order chi connectivity index (χ0) is 15.4. The summed E-state index contributed by atoms with van der Waals surface area (Å²) in [5.41, 5.74) is 4.66. The number of hydrogen-bond acceptors (Lipinski definition) is 2. The summed E-state index contributed by atoms with van der Waals surface area (Å²) in [5, 5.41) is 0. The van der Waals surface area contributed by atoms with E-state index in [0.29, 0.717) is 5.92 Å². The van der Waals surface area contributed by atoms with Crippen LogP contribution in [0, 0.1) is 13.8 Å². The smallest absolute Gasteiger partial charge is 0.0650 e. The van der Waals surface area contributed by atoms with Crippen LogP contribution in [0.25, 0.3) is 0 Å². The van der Waals surface area contributed by atoms with Crippen molar-refractivity contribution in [3.8, 4) is 0 Å². The Kier molecular flexibility index (Phi) is 13.0. The van der Waals surface area contributed by atoms with Gasteiger partial charge >= 0.3 is 0 Å². The van der Waals surface area contributed by atoms with Gasteiger partial charge < -0.3 is 0 Å². The van der Waals surface area contributed by atoms with E-state index in [1.54, 1.807) is 0 Å². The van der Waals surface area contributed by atoms with Gasteiger partial charge in [0, 0.05) is 5.92 Å². The van der Waals surface area contributed by atoms with Crippen molar-refractivity contribution in [2.75, 3.05) is 0 Å². The topological polar surface area (TPSA) is 25.8 Å². The summed E-state index contributed by atoms with van der Waals surface area (Å²) < 4.78 is 0. The monoisotopic (exact) mass is 266 g/mol. The highest BCUT2D eigenvalue weighted by molar-refractivity contribution is 5.23. The fourth-order valence-electron chi connectivity index (χ4n) is 1.96. The quantitative estimate of drug-likeness (QED) is 0.609. The van der Waals surface area contributed by atoms with Crippen molar-refractivity contribution in [3.05, 3.63) is 22.8 Å². The summed E-state index contributed by atoms with van der Waals surface area (Å²) in [6, 6.07) is 0. The Balaban J connectivity index is 0. The van der Waals surface area contributed by atoms with E-state index in [4.69, 9.17) is 0 Å². The van der Waals surface area contributed by atoms with Crippen LogP contribution in [-0.4, -0.2) is 9.97 Å².